The van der Waals surface area contributed by atoms with Crippen LogP contribution >= 0.6 is 22.7 Å². The van der Waals surface area contributed by atoms with Crippen LogP contribution < -0.4 is 10.1 Å². The fourth-order valence-electron chi connectivity index (χ4n) is 2.58. The molecule has 1 atom stereocenters. The maximum atomic E-state index is 12.4. The Morgan fingerprint density at radius 2 is 2.33 bits per heavy atom. The van der Waals surface area contributed by atoms with Crippen LogP contribution in [-0.2, 0) is 4.74 Å². The summed E-state index contributed by atoms with van der Waals surface area (Å²) in [5.41, 5.74) is 1.99. The molecule has 1 amide bonds. The van der Waals surface area contributed by atoms with E-state index < -0.39 is 0 Å². The molecule has 124 valence electrons. The summed E-state index contributed by atoms with van der Waals surface area (Å²) >= 11 is 2.91. The topological polar surface area (TPSA) is 73.3 Å². The summed E-state index contributed by atoms with van der Waals surface area (Å²) in [7, 11) is 1.59. The molecule has 0 spiro atoms. The van der Waals surface area contributed by atoms with E-state index in [1.807, 2.05) is 18.2 Å². The maximum absolute atomic E-state index is 12.4. The van der Waals surface area contributed by atoms with Gasteiger partial charge in [0.15, 0.2) is 0 Å². The Balaban J connectivity index is 1.51. The predicted molar refractivity (Wildman–Crippen MR) is 94.2 cm³/mol. The summed E-state index contributed by atoms with van der Waals surface area (Å²) in [5, 5.41) is 6.14. The fraction of sp³-hybridized carbons (Fsp3) is 0.312. The van der Waals surface area contributed by atoms with Gasteiger partial charge in [0.05, 0.1) is 17.3 Å². The highest BCUT2D eigenvalue weighted by molar-refractivity contribution is 7.20. The number of amides is 1. The number of ether oxygens (including phenoxy) is 2. The van der Waals surface area contributed by atoms with E-state index in [-0.39, 0.29) is 12.0 Å². The highest BCUT2D eigenvalue weighted by Crippen LogP contribution is 2.31. The van der Waals surface area contributed by atoms with Gasteiger partial charge in [-0.3, -0.25) is 4.79 Å². The third-order valence-corrected chi connectivity index (χ3v) is 5.68. The Bertz CT molecular complexity index is 884. The van der Waals surface area contributed by atoms with Crippen molar-refractivity contribution < 1.29 is 14.3 Å². The predicted octanol–water partition coefficient (Wildman–Crippen LogP) is 3.87. The number of carbonyl (C=O) groups excluding carboxylic acids is 1. The van der Waals surface area contributed by atoms with Crippen LogP contribution in [0.3, 0.4) is 0 Å². The highest BCUT2D eigenvalue weighted by atomic mass is 32.1. The van der Waals surface area contributed by atoms with E-state index in [0.29, 0.717) is 16.6 Å². The molecule has 0 radical (unpaired) electrons. The Morgan fingerprint density at radius 1 is 1.42 bits per heavy atom. The maximum Gasteiger partial charge on any atom is 0.275 e. The van der Waals surface area contributed by atoms with E-state index in [1.54, 1.807) is 12.5 Å². The quantitative estimate of drug-likeness (QED) is 0.764. The summed E-state index contributed by atoms with van der Waals surface area (Å²) < 4.78 is 11.7. The van der Waals surface area contributed by atoms with E-state index in [4.69, 9.17) is 9.47 Å². The van der Waals surface area contributed by atoms with Crippen molar-refractivity contribution in [3.8, 4) is 5.19 Å². The number of benzene rings is 1. The molecule has 1 aliphatic heterocycles. The number of methoxy groups -OCH3 is 1. The standard InChI is InChI=1S/C16H15N3O3S2/c1-21-16-19-10-5-4-9(7-13(10)24-16)17-14(20)11-8-23-15(18-11)12-3-2-6-22-12/h4-5,7-8,12H,2-3,6H2,1H3,(H,17,20). The van der Waals surface area contributed by atoms with Crippen molar-refractivity contribution in [2.45, 2.75) is 18.9 Å². The Morgan fingerprint density at radius 3 is 3.12 bits per heavy atom. The molecule has 1 unspecified atom stereocenters. The fourth-order valence-corrected chi connectivity index (χ4v) is 4.28. The lowest BCUT2D eigenvalue weighted by Gasteiger charge is -2.04. The van der Waals surface area contributed by atoms with E-state index >= 15 is 0 Å². The molecule has 0 aliphatic carbocycles. The molecule has 1 N–H and O–H groups in total. The number of hydrogen-bond acceptors (Lipinski definition) is 7. The molecule has 4 rings (SSSR count). The van der Waals surface area contributed by atoms with Crippen LogP contribution in [0.25, 0.3) is 10.2 Å². The number of hydrogen-bond donors (Lipinski definition) is 1. The number of thiazole rings is 2. The first-order valence-corrected chi connectivity index (χ1v) is 9.25. The van der Waals surface area contributed by atoms with Crippen LogP contribution in [0.2, 0.25) is 0 Å². The van der Waals surface area contributed by atoms with Gasteiger partial charge in [0, 0.05) is 17.7 Å². The Hall–Kier alpha value is -2.03. The molecule has 1 saturated heterocycles. The molecule has 1 fully saturated rings. The van der Waals surface area contributed by atoms with Gasteiger partial charge in [-0.2, -0.15) is 0 Å². The first-order chi connectivity index (χ1) is 11.7. The summed E-state index contributed by atoms with van der Waals surface area (Å²) in [6, 6.07) is 5.58. The lowest BCUT2D eigenvalue weighted by Crippen LogP contribution is -2.12. The first kappa shape index (κ1) is 15.5. The summed E-state index contributed by atoms with van der Waals surface area (Å²) in [5.74, 6) is -0.216. The summed E-state index contributed by atoms with van der Waals surface area (Å²) in [6.07, 6.45) is 2.06. The monoisotopic (exact) mass is 361 g/mol. The smallest absolute Gasteiger partial charge is 0.275 e. The van der Waals surface area contributed by atoms with Crippen molar-refractivity contribution in [2.24, 2.45) is 0 Å². The molecule has 3 aromatic rings. The Kier molecular flexibility index (Phi) is 4.17. The zero-order valence-electron chi connectivity index (χ0n) is 12.9. The van der Waals surface area contributed by atoms with Gasteiger partial charge in [0.2, 0.25) is 0 Å². The largest absolute Gasteiger partial charge is 0.473 e. The number of rotatable bonds is 4. The molecular weight excluding hydrogens is 346 g/mol. The molecule has 0 bridgehead atoms. The molecule has 6 nitrogen and oxygen atoms in total. The number of nitrogens with zero attached hydrogens (tertiary/aromatic N) is 2. The highest BCUT2D eigenvalue weighted by Gasteiger charge is 2.22. The second kappa shape index (κ2) is 6.46. The van der Waals surface area contributed by atoms with E-state index in [1.165, 1.54) is 22.7 Å². The molecule has 3 heterocycles. The molecule has 0 saturated carbocycles. The van der Waals surface area contributed by atoms with Gasteiger partial charge in [-0.25, -0.2) is 9.97 Å². The second-order valence-corrected chi connectivity index (χ2v) is 7.28. The van der Waals surface area contributed by atoms with Crippen molar-refractivity contribution in [3.05, 3.63) is 34.3 Å². The van der Waals surface area contributed by atoms with Crippen LogP contribution in [0.1, 0.15) is 34.4 Å². The van der Waals surface area contributed by atoms with E-state index in [2.05, 4.69) is 15.3 Å². The zero-order valence-corrected chi connectivity index (χ0v) is 14.6. The van der Waals surface area contributed by atoms with E-state index in [0.717, 1.165) is 34.7 Å². The number of nitrogens with one attached hydrogen (secondary N) is 1. The van der Waals surface area contributed by atoms with E-state index in [9.17, 15) is 4.79 Å². The average Bonchev–Trinajstić information content (AvgIpc) is 3.32. The molecule has 1 aliphatic rings. The first-order valence-electron chi connectivity index (χ1n) is 7.56. The minimum absolute atomic E-state index is 0.0394. The van der Waals surface area contributed by atoms with Gasteiger partial charge in [-0.15, -0.1) is 11.3 Å². The number of aromatic nitrogens is 2. The summed E-state index contributed by atoms with van der Waals surface area (Å²) in [6.45, 7) is 0.768. The van der Waals surface area contributed by atoms with Gasteiger partial charge >= 0.3 is 0 Å². The molecule has 8 heteroatoms. The van der Waals surface area contributed by atoms with Crippen molar-refractivity contribution >= 4 is 44.5 Å². The third kappa shape index (κ3) is 3.00. The number of fused-ring (bicyclic) bond motifs is 1. The lowest BCUT2D eigenvalue weighted by molar-refractivity contribution is 0.101. The second-order valence-electron chi connectivity index (χ2n) is 5.39. The molecule has 2 aromatic heterocycles. The molecule has 1 aromatic carbocycles. The van der Waals surface area contributed by atoms with Gasteiger partial charge in [-0.1, -0.05) is 11.3 Å². The third-order valence-electron chi connectivity index (χ3n) is 3.76. The lowest BCUT2D eigenvalue weighted by atomic mass is 10.2. The minimum Gasteiger partial charge on any atom is -0.473 e. The minimum atomic E-state index is -0.216. The number of carbonyl (C=O) groups is 1. The van der Waals surface area contributed by atoms with Crippen molar-refractivity contribution in [3.63, 3.8) is 0 Å². The van der Waals surface area contributed by atoms with Gasteiger partial charge in [0.1, 0.15) is 16.8 Å². The van der Waals surface area contributed by atoms with Crippen molar-refractivity contribution in [1.29, 1.82) is 0 Å². The van der Waals surface area contributed by atoms with Crippen molar-refractivity contribution in [1.82, 2.24) is 9.97 Å². The van der Waals surface area contributed by atoms with Gasteiger partial charge in [0.25, 0.3) is 11.1 Å². The van der Waals surface area contributed by atoms with Crippen LogP contribution in [0.15, 0.2) is 23.6 Å². The Labute approximate surface area is 146 Å². The number of anilines is 1. The zero-order chi connectivity index (χ0) is 16.5. The van der Waals surface area contributed by atoms with Crippen LogP contribution in [0.5, 0.6) is 5.19 Å². The van der Waals surface area contributed by atoms with Crippen LogP contribution in [-0.4, -0.2) is 29.6 Å². The van der Waals surface area contributed by atoms with Gasteiger partial charge < -0.3 is 14.8 Å². The van der Waals surface area contributed by atoms with Crippen LogP contribution in [0, 0.1) is 0 Å². The average molecular weight is 361 g/mol. The normalized spacial score (nSPS) is 17.3. The van der Waals surface area contributed by atoms with Crippen LogP contribution in [0.4, 0.5) is 5.69 Å². The summed E-state index contributed by atoms with van der Waals surface area (Å²) in [4.78, 5) is 21.1. The SMILES string of the molecule is COc1nc2ccc(NC(=O)c3csc(C4CCCO4)n3)cc2s1. The van der Waals surface area contributed by atoms with Crippen molar-refractivity contribution in [2.75, 3.05) is 19.0 Å². The van der Waals surface area contributed by atoms with Gasteiger partial charge in [-0.05, 0) is 31.0 Å². The molecular formula is C16H15N3O3S2. The molecule has 24 heavy (non-hydrogen) atoms.